The minimum absolute atomic E-state index is 0.125. The molecule has 0 N–H and O–H groups in total. The van der Waals surface area contributed by atoms with Crippen LogP contribution in [0, 0.1) is 0 Å². The van der Waals surface area contributed by atoms with Gasteiger partial charge in [0.1, 0.15) is 29.3 Å². The quantitative estimate of drug-likeness (QED) is 0.263. The van der Waals surface area contributed by atoms with Crippen LogP contribution < -0.4 is 15.9 Å². The highest BCUT2D eigenvalue weighted by atomic mass is 32.1. The van der Waals surface area contributed by atoms with E-state index in [1.165, 1.54) is 15.9 Å². The zero-order chi connectivity index (χ0) is 20.1. The molecule has 1 nitrogen and oxygen atoms in total. The Labute approximate surface area is 178 Å². The van der Waals surface area contributed by atoms with E-state index >= 15 is 0 Å². The number of thiol groups is 1. The first kappa shape index (κ1) is 19.6. The Morgan fingerprint density at radius 3 is 1.38 bits per heavy atom. The van der Waals surface area contributed by atoms with Gasteiger partial charge < -0.3 is 0 Å². The van der Waals surface area contributed by atoms with Gasteiger partial charge in [0, 0.05) is 10.5 Å². The van der Waals surface area contributed by atoms with Crippen molar-refractivity contribution in [2.75, 3.05) is 6.16 Å². The average molecular weight is 414 g/mol. The van der Waals surface area contributed by atoms with Gasteiger partial charge in [-0.3, -0.25) is 4.79 Å². The molecule has 0 aromatic heterocycles. The van der Waals surface area contributed by atoms with Gasteiger partial charge >= 0.3 is 0 Å². The summed E-state index contributed by atoms with van der Waals surface area (Å²) < 4.78 is 0. The lowest BCUT2D eigenvalue weighted by Crippen LogP contribution is -2.35. The van der Waals surface area contributed by atoms with Gasteiger partial charge in [0.05, 0.1) is 0 Å². The Morgan fingerprint density at radius 2 is 0.966 bits per heavy atom. The van der Waals surface area contributed by atoms with Crippen molar-refractivity contribution >= 4 is 41.6 Å². The average Bonchev–Trinajstić information content (AvgIpc) is 2.79. The summed E-state index contributed by atoms with van der Waals surface area (Å²) in [5.41, 5.74) is 0.683. The molecule has 0 saturated carbocycles. The fraction of sp³-hybridized carbons (Fsp3) is 0.0385. The summed E-state index contributed by atoms with van der Waals surface area (Å²) in [5, 5.41) is 3.63. The van der Waals surface area contributed by atoms with Gasteiger partial charge in [0.2, 0.25) is 5.78 Å². The van der Waals surface area contributed by atoms with Gasteiger partial charge in [-0.2, -0.15) is 0 Å². The molecule has 142 valence electrons. The summed E-state index contributed by atoms with van der Waals surface area (Å²) in [4.78, 5) is 14.3. The molecule has 0 fully saturated rings. The summed E-state index contributed by atoms with van der Waals surface area (Å²) in [7, 11) is -2.18. The van der Waals surface area contributed by atoms with Gasteiger partial charge in [-0.05, 0) is 42.5 Å². The van der Waals surface area contributed by atoms with Crippen LogP contribution in [0.25, 0.3) is 0 Å². The topological polar surface area (TPSA) is 17.1 Å². The third-order valence-electron chi connectivity index (χ3n) is 5.18. The predicted octanol–water partition coefficient (Wildman–Crippen LogP) is 5.15. The number of carbonyl (C=O) groups is 1. The number of Topliss-reactive ketones (excluding diaryl/α,β-unsaturated/α-hetero) is 1. The number of rotatable bonds is 6. The second-order valence-electron chi connectivity index (χ2n) is 6.91. The molecule has 0 spiro atoms. The molecular weight excluding hydrogens is 391 g/mol. The monoisotopic (exact) mass is 413 g/mol. The highest BCUT2D eigenvalue weighted by Gasteiger charge is 2.47. The van der Waals surface area contributed by atoms with Crippen molar-refractivity contribution in [1.29, 1.82) is 0 Å². The van der Waals surface area contributed by atoms with Crippen molar-refractivity contribution in [3.05, 3.63) is 121 Å². The summed E-state index contributed by atoms with van der Waals surface area (Å²) in [6, 6.07) is 39.0. The number of hydrogen-bond donors (Lipinski definition) is 1. The smallest absolute Gasteiger partial charge is 0.202 e. The van der Waals surface area contributed by atoms with E-state index in [-0.39, 0.29) is 5.78 Å². The molecule has 0 unspecified atom stereocenters. The summed E-state index contributed by atoms with van der Waals surface area (Å²) in [6.45, 7) is 0. The molecule has 4 aromatic carbocycles. The SMILES string of the molecule is O=C(C[P+](c1ccccc1)(c1ccccc1)c1ccccc1)c1ccccc1S. The zero-order valence-corrected chi connectivity index (χ0v) is 17.8. The third-order valence-corrected chi connectivity index (χ3v) is 9.87. The molecule has 0 aliphatic heterocycles. The molecule has 0 saturated heterocycles. The maximum absolute atomic E-state index is 13.6. The fourth-order valence-electron chi connectivity index (χ4n) is 3.78. The van der Waals surface area contributed by atoms with Crippen LogP contribution >= 0.6 is 19.9 Å². The number of ketones is 1. The van der Waals surface area contributed by atoms with Gasteiger partial charge in [0.15, 0.2) is 0 Å². The van der Waals surface area contributed by atoms with Crippen LogP contribution in [0.4, 0.5) is 0 Å². The molecular formula is C26H22OPS+. The molecule has 0 bridgehead atoms. The van der Waals surface area contributed by atoms with E-state index < -0.39 is 7.26 Å². The Balaban J connectivity index is 1.95. The van der Waals surface area contributed by atoms with Crippen LogP contribution in [0.2, 0.25) is 0 Å². The van der Waals surface area contributed by atoms with Gasteiger partial charge in [-0.25, -0.2) is 0 Å². The molecule has 4 rings (SSSR count). The molecule has 3 heteroatoms. The number of benzene rings is 4. The van der Waals surface area contributed by atoms with Crippen LogP contribution in [0.15, 0.2) is 120 Å². The number of carbonyl (C=O) groups excluding carboxylic acids is 1. The van der Waals surface area contributed by atoms with Gasteiger partial charge in [0.25, 0.3) is 0 Å². The molecule has 0 amide bonds. The molecule has 0 aliphatic carbocycles. The normalized spacial score (nSPS) is 11.2. The first-order valence-electron chi connectivity index (χ1n) is 9.58. The lowest BCUT2D eigenvalue weighted by molar-refractivity contribution is 0.101. The maximum atomic E-state index is 13.6. The third kappa shape index (κ3) is 3.92. The zero-order valence-electron chi connectivity index (χ0n) is 16.0. The van der Waals surface area contributed by atoms with E-state index in [9.17, 15) is 4.79 Å². The molecule has 0 radical (unpaired) electrons. The van der Waals surface area contributed by atoms with E-state index in [1.54, 1.807) is 0 Å². The highest BCUT2D eigenvalue weighted by molar-refractivity contribution is 7.96. The van der Waals surface area contributed by atoms with Crippen LogP contribution in [0.1, 0.15) is 10.4 Å². The first-order chi connectivity index (χ1) is 14.2. The van der Waals surface area contributed by atoms with Crippen LogP contribution in [-0.4, -0.2) is 11.9 Å². The van der Waals surface area contributed by atoms with E-state index in [4.69, 9.17) is 0 Å². The summed E-state index contributed by atoms with van der Waals surface area (Å²) in [5.74, 6) is 0.125. The van der Waals surface area contributed by atoms with Crippen molar-refractivity contribution in [3.63, 3.8) is 0 Å². The second kappa shape index (κ2) is 8.78. The minimum Gasteiger partial charge on any atom is -0.290 e. The molecule has 29 heavy (non-hydrogen) atoms. The van der Waals surface area contributed by atoms with E-state index in [0.717, 1.165) is 4.90 Å². The van der Waals surface area contributed by atoms with Crippen molar-refractivity contribution < 1.29 is 4.79 Å². The predicted molar refractivity (Wildman–Crippen MR) is 128 cm³/mol. The Morgan fingerprint density at radius 1 is 0.586 bits per heavy atom. The van der Waals surface area contributed by atoms with Crippen LogP contribution in [0.3, 0.4) is 0 Å². The van der Waals surface area contributed by atoms with Crippen molar-refractivity contribution in [1.82, 2.24) is 0 Å². The van der Waals surface area contributed by atoms with Crippen molar-refractivity contribution in [2.24, 2.45) is 0 Å². The standard InChI is InChI=1S/C26H21OPS/c27-25(24-18-10-11-19-26(24)29)20-28(21-12-4-1-5-13-21,22-14-6-2-7-15-22)23-16-8-3-9-17-23/h1-19H,20H2/p+1. The van der Waals surface area contributed by atoms with Gasteiger partial charge in [-0.15, -0.1) is 12.6 Å². The lowest BCUT2D eigenvalue weighted by Gasteiger charge is -2.27. The Hall–Kier alpha value is -2.67. The second-order valence-corrected chi connectivity index (χ2v) is 10.9. The largest absolute Gasteiger partial charge is 0.290 e. The van der Waals surface area contributed by atoms with Gasteiger partial charge in [-0.1, -0.05) is 72.8 Å². The lowest BCUT2D eigenvalue weighted by atomic mass is 10.1. The van der Waals surface area contributed by atoms with Crippen molar-refractivity contribution in [3.8, 4) is 0 Å². The van der Waals surface area contributed by atoms with E-state index in [0.29, 0.717) is 11.7 Å². The minimum atomic E-state index is -2.18. The molecule has 0 aliphatic rings. The molecule has 4 aromatic rings. The Bertz CT molecular complexity index is 998. The van der Waals surface area contributed by atoms with Crippen molar-refractivity contribution in [2.45, 2.75) is 4.90 Å². The highest BCUT2D eigenvalue weighted by Crippen LogP contribution is 2.55. The van der Waals surface area contributed by atoms with Crippen LogP contribution in [-0.2, 0) is 0 Å². The first-order valence-corrected chi connectivity index (χ1v) is 12.0. The van der Waals surface area contributed by atoms with E-state index in [2.05, 4.69) is 85.4 Å². The molecule has 0 heterocycles. The summed E-state index contributed by atoms with van der Waals surface area (Å²) in [6.07, 6.45) is 0.433. The number of hydrogen-bond acceptors (Lipinski definition) is 2. The molecule has 0 atom stereocenters. The van der Waals surface area contributed by atoms with Crippen LogP contribution in [0.5, 0.6) is 0 Å². The fourth-order valence-corrected chi connectivity index (χ4v) is 8.15. The Kier molecular flexibility index (Phi) is 5.94. The maximum Gasteiger partial charge on any atom is 0.202 e. The summed E-state index contributed by atoms with van der Waals surface area (Å²) >= 11 is 4.54. The van der Waals surface area contributed by atoms with E-state index in [1.807, 2.05) is 42.5 Å².